The summed E-state index contributed by atoms with van der Waals surface area (Å²) in [5.74, 6) is 4.92. The van der Waals surface area contributed by atoms with Gasteiger partial charge in [0.25, 0.3) is 11.8 Å². The molecular weight excluding hydrogens is 496 g/mol. The second-order valence-corrected chi connectivity index (χ2v) is 9.36. The Labute approximate surface area is 226 Å². The third-order valence-corrected chi connectivity index (χ3v) is 6.37. The summed E-state index contributed by atoms with van der Waals surface area (Å²) in [6.45, 7) is 1.57. The van der Waals surface area contributed by atoms with Gasteiger partial charge in [-0.25, -0.2) is 5.48 Å². The van der Waals surface area contributed by atoms with E-state index in [2.05, 4.69) is 39.9 Å². The molecular formula is C30H30N4O5. The van der Waals surface area contributed by atoms with Gasteiger partial charge in [-0.1, -0.05) is 42.2 Å². The molecule has 9 nitrogen and oxygen atoms in total. The van der Waals surface area contributed by atoms with Gasteiger partial charge in [0, 0.05) is 34.3 Å². The lowest BCUT2D eigenvalue weighted by atomic mass is 10.1. The number of carbonyl (C=O) groups is 3. The number of amides is 3. The molecule has 200 valence electrons. The molecule has 1 saturated carbocycles. The van der Waals surface area contributed by atoms with E-state index in [1.165, 1.54) is 18.0 Å². The summed E-state index contributed by atoms with van der Waals surface area (Å²) in [6.07, 6.45) is -0.161. The van der Waals surface area contributed by atoms with Gasteiger partial charge in [-0.15, -0.1) is 0 Å². The van der Waals surface area contributed by atoms with E-state index in [1.807, 2.05) is 30.3 Å². The average Bonchev–Trinajstić information content (AvgIpc) is 3.74. The zero-order chi connectivity index (χ0) is 27.8. The first-order valence-electron chi connectivity index (χ1n) is 12.6. The predicted molar refractivity (Wildman–Crippen MR) is 146 cm³/mol. The Bertz CT molecular complexity index is 1360. The van der Waals surface area contributed by atoms with Crippen molar-refractivity contribution in [2.75, 3.05) is 11.9 Å². The number of nitrogens with one attached hydrogen (secondary N) is 4. The first kappa shape index (κ1) is 27.5. The second kappa shape index (κ2) is 12.8. The third kappa shape index (κ3) is 7.75. The second-order valence-electron chi connectivity index (χ2n) is 9.36. The standard InChI is InChI=1S/C30H30N4O5/c1-19(35)28(30(38)34-39)33-29(37)23-13-9-20(10-14-23)7-8-21-11-15-24(16-12-21)32-27(36)18-31-26-17-25(26)22-5-3-2-4-6-22/h2-6,9-16,19,25-26,28,31,35,39H,17-18H2,1H3,(H,32,36)(H,33,37)(H,34,38)/t19-,25-,26?,28+/m1/s1. The Morgan fingerprint density at radius 1 is 0.923 bits per heavy atom. The van der Waals surface area contributed by atoms with Crippen molar-refractivity contribution in [2.45, 2.75) is 37.5 Å². The van der Waals surface area contributed by atoms with Gasteiger partial charge in [-0.2, -0.15) is 0 Å². The van der Waals surface area contributed by atoms with Crippen LogP contribution in [0.2, 0.25) is 0 Å². The normalized spacial score (nSPS) is 17.1. The van der Waals surface area contributed by atoms with Crippen molar-refractivity contribution in [3.05, 3.63) is 101 Å². The molecule has 9 heteroatoms. The molecule has 1 aliphatic rings. The maximum absolute atomic E-state index is 12.4. The fraction of sp³-hybridized carbons (Fsp3) is 0.233. The maximum atomic E-state index is 12.4. The van der Waals surface area contributed by atoms with Crippen LogP contribution in [0.4, 0.5) is 5.69 Å². The molecule has 0 bridgehead atoms. The van der Waals surface area contributed by atoms with E-state index in [1.54, 1.807) is 36.4 Å². The first-order chi connectivity index (χ1) is 18.8. The van der Waals surface area contributed by atoms with E-state index in [4.69, 9.17) is 5.21 Å². The van der Waals surface area contributed by atoms with Crippen LogP contribution in [0.15, 0.2) is 78.9 Å². The SMILES string of the molecule is C[C@@H](O)[C@H](NC(=O)c1ccc(C#Cc2ccc(NC(=O)CNC3C[C@@H]3c3ccccc3)cc2)cc1)C(=O)NO. The summed E-state index contributed by atoms with van der Waals surface area (Å²) in [5, 5.41) is 27.0. The number of aliphatic hydroxyl groups excluding tert-OH is 1. The van der Waals surface area contributed by atoms with Gasteiger partial charge in [0.1, 0.15) is 6.04 Å². The van der Waals surface area contributed by atoms with Crippen LogP contribution in [-0.2, 0) is 9.59 Å². The highest BCUT2D eigenvalue weighted by atomic mass is 16.5. The molecule has 0 radical (unpaired) electrons. The van der Waals surface area contributed by atoms with Crippen molar-refractivity contribution >= 4 is 23.4 Å². The van der Waals surface area contributed by atoms with Gasteiger partial charge in [0.2, 0.25) is 5.91 Å². The molecule has 39 heavy (non-hydrogen) atoms. The van der Waals surface area contributed by atoms with Crippen LogP contribution in [0.5, 0.6) is 0 Å². The number of carbonyl (C=O) groups excluding carboxylic acids is 3. The van der Waals surface area contributed by atoms with E-state index >= 15 is 0 Å². The van der Waals surface area contributed by atoms with Crippen molar-refractivity contribution in [3.8, 4) is 11.8 Å². The lowest BCUT2D eigenvalue weighted by Crippen LogP contribution is -2.51. The Morgan fingerprint density at radius 3 is 2.13 bits per heavy atom. The van der Waals surface area contributed by atoms with Gasteiger partial charge in [-0.3, -0.25) is 19.6 Å². The van der Waals surface area contributed by atoms with Crippen molar-refractivity contribution in [2.24, 2.45) is 0 Å². The number of benzene rings is 3. The van der Waals surface area contributed by atoms with Gasteiger partial charge in [-0.05, 0) is 67.4 Å². The Balaban J connectivity index is 1.25. The summed E-state index contributed by atoms with van der Waals surface area (Å²) in [6, 6.07) is 22.9. The predicted octanol–water partition coefficient (Wildman–Crippen LogP) is 2.16. The fourth-order valence-electron chi connectivity index (χ4n) is 4.10. The Kier molecular flexibility index (Phi) is 9.07. The van der Waals surface area contributed by atoms with E-state index in [-0.39, 0.29) is 18.0 Å². The molecule has 0 heterocycles. The molecule has 1 unspecified atom stereocenters. The molecule has 3 aromatic carbocycles. The number of hydrogen-bond acceptors (Lipinski definition) is 6. The van der Waals surface area contributed by atoms with Crippen molar-refractivity contribution in [3.63, 3.8) is 0 Å². The number of hydroxylamine groups is 1. The molecule has 0 saturated heterocycles. The van der Waals surface area contributed by atoms with E-state index in [0.717, 1.165) is 12.0 Å². The minimum absolute atomic E-state index is 0.103. The van der Waals surface area contributed by atoms with Crippen LogP contribution in [0.1, 0.15) is 46.3 Å². The molecule has 0 aromatic heterocycles. The average molecular weight is 527 g/mol. The van der Waals surface area contributed by atoms with Gasteiger partial charge >= 0.3 is 0 Å². The van der Waals surface area contributed by atoms with E-state index < -0.39 is 24.0 Å². The Hall–Kier alpha value is -4.49. The number of hydrogen-bond donors (Lipinski definition) is 6. The van der Waals surface area contributed by atoms with Crippen LogP contribution in [0.25, 0.3) is 0 Å². The van der Waals surface area contributed by atoms with E-state index in [9.17, 15) is 19.5 Å². The molecule has 1 aliphatic carbocycles. The van der Waals surface area contributed by atoms with Gasteiger partial charge in [0.05, 0.1) is 12.6 Å². The number of anilines is 1. The van der Waals surface area contributed by atoms with Crippen molar-refractivity contribution in [1.82, 2.24) is 16.1 Å². The quantitative estimate of drug-likeness (QED) is 0.144. The van der Waals surface area contributed by atoms with Gasteiger partial charge in [0.15, 0.2) is 0 Å². The smallest absolute Gasteiger partial charge is 0.268 e. The summed E-state index contributed by atoms with van der Waals surface area (Å²) in [7, 11) is 0. The fourth-order valence-corrected chi connectivity index (χ4v) is 4.10. The topological polar surface area (TPSA) is 140 Å². The zero-order valence-electron chi connectivity index (χ0n) is 21.3. The highest BCUT2D eigenvalue weighted by Crippen LogP contribution is 2.40. The molecule has 0 aliphatic heterocycles. The van der Waals surface area contributed by atoms with Crippen LogP contribution in [0, 0.1) is 11.8 Å². The zero-order valence-corrected chi connectivity index (χ0v) is 21.3. The molecule has 3 aromatic rings. The highest BCUT2D eigenvalue weighted by molar-refractivity contribution is 5.97. The first-order valence-corrected chi connectivity index (χ1v) is 12.6. The van der Waals surface area contributed by atoms with Crippen LogP contribution >= 0.6 is 0 Å². The highest BCUT2D eigenvalue weighted by Gasteiger charge is 2.37. The number of aliphatic hydroxyl groups is 1. The summed E-state index contributed by atoms with van der Waals surface area (Å²) in [4.78, 5) is 36.3. The molecule has 6 N–H and O–H groups in total. The largest absolute Gasteiger partial charge is 0.391 e. The molecule has 4 rings (SSSR count). The Morgan fingerprint density at radius 2 is 1.54 bits per heavy atom. The van der Waals surface area contributed by atoms with Crippen LogP contribution in [0.3, 0.4) is 0 Å². The van der Waals surface area contributed by atoms with E-state index in [0.29, 0.717) is 23.2 Å². The van der Waals surface area contributed by atoms with Crippen LogP contribution in [-0.4, -0.2) is 52.8 Å². The third-order valence-electron chi connectivity index (χ3n) is 6.37. The van der Waals surface area contributed by atoms with Gasteiger partial charge < -0.3 is 21.1 Å². The molecule has 4 atom stereocenters. The monoisotopic (exact) mass is 526 g/mol. The lowest BCUT2D eigenvalue weighted by molar-refractivity contribution is -0.133. The lowest BCUT2D eigenvalue weighted by Gasteiger charge is -2.19. The summed E-state index contributed by atoms with van der Waals surface area (Å²) >= 11 is 0. The minimum atomic E-state index is -1.30. The minimum Gasteiger partial charge on any atom is -0.391 e. The molecule has 0 spiro atoms. The van der Waals surface area contributed by atoms with Crippen molar-refractivity contribution < 1.29 is 24.7 Å². The number of rotatable bonds is 9. The van der Waals surface area contributed by atoms with Crippen LogP contribution < -0.4 is 21.4 Å². The van der Waals surface area contributed by atoms with Crippen molar-refractivity contribution in [1.29, 1.82) is 0 Å². The molecule has 3 amide bonds. The summed E-state index contributed by atoms with van der Waals surface area (Å²) in [5.41, 5.74) is 5.09. The summed E-state index contributed by atoms with van der Waals surface area (Å²) < 4.78 is 0. The maximum Gasteiger partial charge on any atom is 0.268 e. The molecule has 1 fully saturated rings.